The van der Waals surface area contributed by atoms with Crippen LogP contribution in [0.5, 0.6) is 5.75 Å². The Morgan fingerprint density at radius 1 is 1.19 bits per heavy atom. The molecule has 4 nitrogen and oxygen atoms in total. The van der Waals surface area contributed by atoms with Crippen molar-refractivity contribution >= 4 is 11.0 Å². The van der Waals surface area contributed by atoms with Crippen LogP contribution in [0.1, 0.15) is 12.8 Å². The summed E-state index contributed by atoms with van der Waals surface area (Å²) < 4.78 is 11.7. The highest BCUT2D eigenvalue weighted by Gasteiger charge is 2.18. The van der Waals surface area contributed by atoms with Crippen molar-refractivity contribution in [2.45, 2.75) is 12.8 Å². The molecule has 1 fully saturated rings. The Kier molecular flexibility index (Phi) is 4.76. The predicted molar refractivity (Wildman–Crippen MR) is 104 cm³/mol. The van der Waals surface area contributed by atoms with Gasteiger partial charge in [0.2, 0.25) is 0 Å². The smallest absolute Gasteiger partial charge is 0.200 e. The van der Waals surface area contributed by atoms with Gasteiger partial charge in [-0.05, 0) is 44.1 Å². The van der Waals surface area contributed by atoms with Gasteiger partial charge in [-0.25, -0.2) is 0 Å². The number of hydrogen-bond donors (Lipinski definition) is 0. The molecule has 0 bridgehead atoms. The molecule has 0 saturated carbocycles. The fourth-order valence-corrected chi connectivity index (χ4v) is 3.64. The van der Waals surface area contributed by atoms with Gasteiger partial charge in [0.1, 0.15) is 17.6 Å². The van der Waals surface area contributed by atoms with Gasteiger partial charge in [0, 0.05) is 18.5 Å². The summed E-state index contributed by atoms with van der Waals surface area (Å²) in [6.45, 7) is 2.94. The molecule has 134 valence electrons. The summed E-state index contributed by atoms with van der Waals surface area (Å²) >= 11 is 0. The number of rotatable bonds is 4. The second-order valence-electron chi connectivity index (χ2n) is 7.08. The van der Waals surface area contributed by atoms with E-state index >= 15 is 0 Å². The van der Waals surface area contributed by atoms with Gasteiger partial charge in [-0.2, -0.15) is 0 Å². The minimum Gasteiger partial charge on any atom is -0.493 e. The number of benzene rings is 2. The minimum atomic E-state index is -0.0158. The van der Waals surface area contributed by atoms with E-state index in [9.17, 15) is 4.79 Å². The summed E-state index contributed by atoms with van der Waals surface area (Å²) in [5.41, 5.74) is 1.99. The van der Waals surface area contributed by atoms with Gasteiger partial charge in [-0.3, -0.25) is 4.79 Å². The van der Waals surface area contributed by atoms with Gasteiger partial charge in [0.05, 0.1) is 17.6 Å². The van der Waals surface area contributed by atoms with Crippen molar-refractivity contribution in [3.05, 3.63) is 65.0 Å². The maximum atomic E-state index is 12.8. The summed E-state index contributed by atoms with van der Waals surface area (Å²) in [6.07, 6.45) is 3.96. The van der Waals surface area contributed by atoms with E-state index in [1.807, 2.05) is 42.5 Å². The molecule has 0 spiro atoms. The number of piperidine rings is 1. The number of ether oxygens (including phenoxy) is 1. The Hall–Kier alpha value is -2.59. The maximum absolute atomic E-state index is 12.8. The van der Waals surface area contributed by atoms with Crippen LogP contribution >= 0.6 is 0 Å². The van der Waals surface area contributed by atoms with Gasteiger partial charge in [0.15, 0.2) is 5.43 Å². The van der Waals surface area contributed by atoms with Crippen LogP contribution in [0.25, 0.3) is 22.1 Å². The van der Waals surface area contributed by atoms with E-state index in [0.29, 0.717) is 29.1 Å². The molecule has 4 heteroatoms. The molecule has 3 aromatic rings. The van der Waals surface area contributed by atoms with Gasteiger partial charge in [0.25, 0.3) is 0 Å². The van der Waals surface area contributed by atoms with Crippen LogP contribution in [-0.2, 0) is 0 Å². The molecule has 26 heavy (non-hydrogen) atoms. The quantitative estimate of drug-likeness (QED) is 0.709. The first kappa shape index (κ1) is 16.9. The lowest BCUT2D eigenvalue weighted by Crippen LogP contribution is -2.34. The summed E-state index contributed by atoms with van der Waals surface area (Å²) in [5.74, 6) is 1.30. The topological polar surface area (TPSA) is 42.7 Å². The number of hydrogen-bond acceptors (Lipinski definition) is 4. The largest absolute Gasteiger partial charge is 0.493 e. The molecule has 0 aliphatic carbocycles. The van der Waals surface area contributed by atoms with Crippen LogP contribution in [-0.4, -0.2) is 31.6 Å². The van der Waals surface area contributed by atoms with Gasteiger partial charge < -0.3 is 14.1 Å². The average molecular weight is 349 g/mol. The average Bonchev–Trinajstić information content (AvgIpc) is 2.67. The zero-order chi connectivity index (χ0) is 17.9. The molecular formula is C22H23NO3. The molecule has 1 aliphatic rings. The number of likely N-dealkylation sites (tertiary alicyclic amines) is 1. The van der Waals surface area contributed by atoms with Crippen LogP contribution in [0.2, 0.25) is 0 Å². The monoisotopic (exact) mass is 349 g/mol. The zero-order valence-electron chi connectivity index (χ0n) is 15.0. The van der Waals surface area contributed by atoms with Crippen LogP contribution in [0.3, 0.4) is 0 Å². The highest BCUT2D eigenvalue weighted by atomic mass is 16.5. The Labute approximate surface area is 153 Å². The van der Waals surface area contributed by atoms with Gasteiger partial charge in [-0.1, -0.05) is 30.3 Å². The van der Waals surface area contributed by atoms with Crippen molar-refractivity contribution in [3.8, 4) is 16.9 Å². The van der Waals surface area contributed by atoms with Crippen molar-refractivity contribution in [1.29, 1.82) is 0 Å². The van der Waals surface area contributed by atoms with Crippen LogP contribution in [0.4, 0.5) is 0 Å². The van der Waals surface area contributed by atoms with E-state index in [-0.39, 0.29) is 5.43 Å². The van der Waals surface area contributed by atoms with Crippen LogP contribution in [0, 0.1) is 5.92 Å². The molecule has 1 saturated heterocycles. The SMILES string of the molecule is CN1CCCC(COc2ccc3c(=O)c(-c4ccccc4)coc3c2)C1. The van der Waals surface area contributed by atoms with Crippen molar-refractivity contribution in [2.75, 3.05) is 26.7 Å². The molecule has 1 aliphatic heterocycles. The Morgan fingerprint density at radius 3 is 2.85 bits per heavy atom. The van der Waals surface area contributed by atoms with Crippen molar-refractivity contribution in [2.24, 2.45) is 5.92 Å². The minimum absolute atomic E-state index is 0.0158. The van der Waals surface area contributed by atoms with Crippen molar-refractivity contribution in [3.63, 3.8) is 0 Å². The predicted octanol–water partition coefficient (Wildman–Crippen LogP) is 4.18. The normalized spacial score (nSPS) is 18.1. The summed E-state index contributed by atoms with van der Waals surface area (Å²) in [4.78, 5) is 15.1. The van der Waals surface area contributed by atoms with Crippen molar-refractivity contribution < 1.29 is 9.15 Å². The third kappa shape index (κ3) is 3.51. The van der Waals surface area contributed by atoms with E-state index in [1.165, 1.54) is 19.4 Å². The van der Waals surface area contributed by atoms with Crippen LogP contribution in [0.15, 0.2) is 64.0 Å². The molecule has 2 heterocycles. The Balaban J connectivity index is 1.55. The first-order valence-electron chi connectivity index (χ1n) is 9.13. The summed E-state index contributed by atoms with van der Waals surface area (Å²) in [6, 6.07) is 15.1. The van der Waals surface area contributed by atoms with E-state index < -0.39 is 0 Å². The van der Waals surface area contributed by atoms with E-state index in [1.54, 1.807) is 12.3 Å². The summed E-state index contributed by atoms with van der Waals surface area (Å²) in [5, 5.41) is 0.580. The lowest BCUT2D eigenvalue weighted by atomic mass is 9.99. The second kappa shape index (κ2) is 7.34. The van der Waals surface area contributed by atoms with E-state index in [0.717, 1.165) is 17.9 Å². The molecule has 2 aromatic carbocycles. The first-order chi connectivity index (χ1) is 12.7. The molecule has 1 atom stereocenters. The highest BCUT2D eigenvalue weighted by molar-refractivity contribution is 5.82. The fraction of sp³-hybridized carbons (Fsp3) is 0.318. The maximum Gasteiger partial charge on any atom is 0.200 e. The molecule has 0 radical (unpaired) electrons. The lowest BCUT2D eigenvalue weighted by Gasteiger charge is -2.29. The molecular weight excluding hydrogens is 326 g/mol. The third-order valence-corrected chi connectivity index (χ3v) is 5.04. The number of nitrogens with zero attached hydrogens (tertiary/aromatic N) is 1. The van der Waals surface area contributed by atoms with Gasteiger partial charge >= 0.3 is 0 Å². The first-order valence-corrected chi connectivity index (χ1v) is 9.13. The fourth-order valence-electron chi connectivity index (χ4n) is 3.64. The zero-order valence-corrected chi connectivity index (χ0v) is 15.0. The highest BCUT2D eigenvalue weighted by Crippen LogP contribution is 2.24. The van der Waals surface area contributed by atoms with Gasteiger partial charge in [-0.15, -0.1) is 0 Å². The molecule has 0 amide bonds. The standard InChI is InChI=1S/C22H23NO3/c1-23-11-5-6-16(13-23)14-25-18-9-10-19-21(12-18)26-15-20(22(19)24)17-7-3-2-4-8-17/h2-4,7-10,12,15-16H,5-6,11,13-14H2,1H3. The third-order valence-electron chi connectivity index (χ3n) is 5.04. The van der Waals surface area contributed by atoms with E-state index in [2.05, 4.69) is 11.9 Å². The Morgan fingerprint density at radius 2 is 2.04 bits per heavy atom. The molecule has 0 N–H and O–H groups in total. The van der Waals surface area contributed by atoms with E-state index in [4.69, 9.17) is 9.15 Å². The van der Waals surface area contributed by atoms with Crippen LogP contribution < -0.4 is 10.2 Å². The van der Waals surface area contributed by atoms with Crippen molar-refractivity contribution in [1.82, 2.24) is 4.90 Å². The number of fused-ring (bicyclic) bond motifs is 1. The molecule has 1 aromatic heterocycles. The lowest BCUT2D eigenvalue weighted by molar-refractivity contribution is 0.150. The second-order valence-corrected chi connectivity index (χ2v) is 7.08. The summed E-state index contributed by atoms with van der Waals surface area (Å²) in [7, 11) is 2.15. The molecule has 4 rings (SSSR count). The molecule has 1 unspecified atom stereocenters. The Bertz CT molecular complexity index is 949.